The van der Waals surface area contributed by atoms with E-state index in [9.17, 15) is 13.2 Å². The molecule has 0 saturated carbocycles. The quantitative estimate of drug-likeness (QED) is 0.846. The zero-order valence-corrected chi connectivity index (χ0v) is 14.8. The highest BCUT2D eigenvalue weighted by Gasteiger charge is 2.30. The predicted octanol–water partition coefficient (Wildman–Crippen LogP) is 0.852. The fourth-order valence-electron chi connectivity index (χ4n) is 3.01. The van der Waals surface area contributed by atoms with Crippen molar-refractivity contribution in [3.05, 3.63) is 47.5 Å². The highest BCUT2D eigenvalue weighted by molar-refractivity contribution is 7.88. The number of aromatic nitrogens is 3. The van der Waals surface area contributed by atoms with E-state index in [0.29, 0.717) is 13.1 Å². The van der Waals surface area contributed by atoms with E-state index in [1.165, 1.54) is 15.3 Å². The zero-order valence-electron chi connectivity index (χ0n) is 14.0. The molecule has 2 aromatic rings. The molecule has 134 valence electrons. The Bertz CT molecular complexity index is 877. The summed E-state index contributed by atoms with van der Waals surface area (Å²) >= 11 is 0. The van der Waals surface area contributed by atoms with E-state index in [4.69, 9.17) is 5.73 Å². The average molecular weight is 363 g/mol. The molecule has 9 heteroatoms. The van der Waals surface area contributed by atoms with Crippen LogP contribution in [0.25, 0.3) is 0 Å². The molecule has 1 saturated heterocycles. The van der Waals surface area contributed by atoms with Gasteiger partial charge in [-0.1, -0.05) is 24.3 Å². The molecule has 0 radical (unpaired) electrons. The van der Waals surface area contributed by atoms with Crippen LogP contribution in [0.3, 0.4) is 0 Å². The summed E-state index contributed by atoms with van der Waals surface area (Å²) in [6, 6.07) is 7.33. The Labute approximate surface area is 146 Å². The van der Waals surface area contributed by atoms with Crippen LogP contribution >= 0.6 is 0 Å². The number of sulfonamides is 1. The Balaban J connectivity index is 1.75. The summed E-state index contributed by atoms with van der Waals surface area (Å²) in [7, 11) is -3.43. The van der Waals surface area contributed by atoms with Gasteiger partial charge in [-0.05, 0) is 30.9 Å². The lowest BCUT2D eigenvalue weighted by atomic mass is 10.1. The first kappa shape index (κ1) is 17.6. The first-order chi connectivity index (χ1) is 11.9. The zero-order chi connectivity index (χ0) is 18.0. The molecule has 3 rings (SSSR count). The Morgan fingerprint density at radius 1 is 1.36 bits per heavy atom. The van der Waals surface area contributed by atoms with E-state index in [-0.39, 0.29) is 17.6 Å². The van der Waals surface area contributed by atoms with Gasteiger partial charge in [-0.2, -0.15) is 4.31 Å². The van der Waals surface area contributed by atoms with Crippen molar-refractivity contribution < 1.29 is 13.2 Å². The molecule has 1 amide bonds. The number of hydrogen-bond donors (Lipinski definition) is 1. The number of carbonyl (C=O) groups is 1. The standard InChI is InChI=1S/C16H21N5O3S/c1-12-5-2-3-6-13(12)10-25(23,24)20-8-4-7-14(9-20)21-11-18-16(19-21)15(17)22/h2-3,5-6,11,14H,4,7-10H2,1H3,(H2,17,22). The Morgan fingerprint density at radius 2 is 2.12 bits per heavy atom. The van der Waals surface area contributed by atoms with Gasteiger partial charge in [-0.25, -0.2) is 18.1 Å². The van der Waals surface area contributed by atoms with Gasteiger partial charge in [-0.15, -0.1) is 5.10 Å². The van der Waals surface area contributed by atoms with Crippen molar-refractivity contribution in [2.24, 2.45) is 5.73 Å². The maximum absolute atomic E-state index is 12.8. The first-order valence-electron chi connectivity index (χ1n) is 8.10. The van der Waals surface area contributed by atoms with Gasteiger partial charge in [-0.3, -0.25) is 4.79 Å². The predicted molar refractivity (Wildman–Crippen MR) is 92.2 cm³/mol. The fourth-order valence-corrected chi connectivity index (χ4v) is 4.72. The van der Waals surface area contributed by atoms with E-state index in [0.717, 1.165) is 24.0 Å². The van der Waals surface area contributed by atoms with Crippen molar-refractivity contribution in [1.82, 2.24) is 19.1 Å². The Hall–Kier alpha value is -2.26. The normalized spacial score (nSPS) is 19.0. The van der Waals surface area contributed by atoms with E-state index >= 15 is 0 Å². The van der Waals surface area contributed by atoms with Crippen molar-refractivity contribution >= 4 is 15.9 Å². The molecule has 1 aromatic carbocycles. The van der Waals surface area contributed by atoms with Crippen LogP contribution in [0.15, 0.2) is 30.6 Å². The van der Waals surface area contributed by atoms with Gasteiger partial charge in [0.15, 0.2) is 0 Å². The molecule has 0 bridgehead atoms. The lowest BCUT2D eigenvalue weighted by Crippen LogP contribution is -2.41. The molecule has 0 aliphatic carbocycles. The molecule has 2 N–H and O–H groups in total. The number of nitrogens with two attached hydrogens (primary N) is 1. The summed E-state index contributed by atoms with van der Waals surface area (Å²) < 4.78 is 28.6. The Morgan fingerprint density at radius 3 is 2.80 bits per heavy atom. The number of piperidine rings is 1. The average Bonchev–Trinajstić information content (AvgIpc) is 3.07. The molecule has 1 aromatic heterocycles. The number of carbonyl (C=O) groups excluding carboxylic acids is 1. The molecule has 1 atom stereocenters. The van der Waals surface area contributed by atoms with E-state index in [1.54, 1.807) is 0 Å². The van der Waals surface area contributed by atoms with Gasteiger partial charge >= 0.3 is 0 Å². The van der Waals surface area contributed by atoms with Crippen molar-refractivity contribution in [3.8, 4) is 0 Å². The molecular formula is C16H21N5O3S. The van der Waals surface area contributed by atoms with Crippen LogP contribution in [0.2, 0.25) is 0 Å². The van der Waals surface area contributed by atoms with Crippen molar-refractivity contribution in [3.63, 3.8) is 0 Å². The second-order valence-corrected chi connectivity index (χ2v) is 8.22. The van der Waals surface area contributed by atoms with Gasteiger partial charge in [0, 0.05) is 13.1 Å². The third-order valence-corrected chi connectivity index (χ3v) is 6.25. The largest absolute Gasteiger partial charge is 0.363 e. The van der Waals surface area contributed by atoms with Gasteiger partial charge in [0.05, 0.1) is 11.8 Å². The van der Waals surface area contributed by atoms with Crippen LogP contribution in [0.1, 0.15) is 40.6 Å². The molecule has 1 fully saturated rings. The topological polar surface area (TPSA) is 111 Å². The van der Waals surface area contributed by atoms with E-state index in [1.807, 2.05) is 31.2 Å². The fraction of sp³-hybridized carbons (Fsp3) is 0.438. The summed E-state index contributed by atoms with van der Waals surface area (Å²) in [5.41, 5.74) is 6.94. The number of benzene rings is 1. The van der Waals surface area contributed by atoms with Crippen LogP contribution in [-0.2, 0) is 15.8 Å². The summed E-state index contributed by atoms with van der Waals surface area (Å²) in [5.74, 6) is -0.769. The van der Waals surface area contributed by atoms with E-state index < -0.39 is 15.9 Å². The Kier molecular flexibility index (Phi) is 4.87. The van der Waals surface area contributed by atoms with Gasteiger partial charge in [0.1, 0.15) is 6.33 Å². The summed E-state index contributed by atoms with van der Waals surface area (Å²) in [5, 5.41) is 4.06. The number of hydrogen-bond acceptors (Lipinski definition) is 5. The highest BCUT2D eigenvalue weighted by Crippen LogP contribution is 2.25. The molecule has 0 spiro atoms. The molecule has 2 heterocycles. The molecular weight excluding hydrogens is 342 g/mol. The summed E-state index contributed by atoms with van der Waals surface area (Å²) in [4.78, 5) is 15.0. The molecule has 8 nitrogen and oxygen atoms in total. The second kappa shape index (κ2) is 6.93. The van der Waals surface area contributed by atoms with Gasteiger partial charge < -0.3 is 5.73 Å². The number of primary amides is 1. The maximum atomic E-state index is 12.8. The summed E-state index contributed by atoms with van der Waals surface area (Å²) in [6.45, 7) is 2.71. The number of aryl methyl sites for hydroxylation is 1. The minimum absolute atomic E-state index is 0.0176. The maximum Gasteiger partial charge on any atom is 0.288 e. The molecule has 1 unspecified atom stereocenters. The highest BCUT2D eigenvalue weighted by atomic mass is 32.2. The number of nitrogens with zero attached hydrogens (tertiary/aromatic N) is 4. The van der Waals surface area contributed by atoms with Crippen molar-refractivity contribution in [2.75, 3.05) is 13.1 Å². The van der Waals surface area contributed by atoms with Crippen LogP contribution in [-0.4, -0.2) is 46.5 Å². The van der Waals surface area contributed by atoms with Crippen LogP contribution in [0.4, 0.5) is 0 Å². The third kappa shape index (κ3) is 3.88. The summed E-state index contributed by atoms with van der Waals surface area (Å²) in [6.07, 6.45) is 2.93. The smallest absolute Gasteiger partial charge is 0.288 e. The number of amides is 1. The monoisotopic (exact) mass is 363 g/mol. The lowest BCUT2D eigenvalue weighted by molar-refractivity contribution is 0.0989. The van der Waals surface area contributed by atoms with Crippen molar-refractivity contribution in [1.29, 1.82) is 0 Å². The second-order valence-electron chi connectivity index (χ2n) is 6.25. The lowest BCUT2D eigenvalue weighted by Gasteiger charge is -2.31. The number of rotatable bonds is 5. The van der Waals surface area contributed by atoms with Crippen LogP contribution < -0.4 is 5.73 Å². The molecule has 1 aliphatic rings. The minimum Gasteiger partial charge on any atom is -0.363 e. The van der Waals surface area contributed by atoms with Gasteiger partial charge in [0.25, 0.3) is 5.91 Å². The van der Waals surface area contributed by atoms with Crippen molar-refractivity contribution in [2.45, 2.75) is 31.6 Å². The van der Waals surface area contributed by atoms with E-state index in [2.05, 4.69) is 10.1 Å². The first-order valence-corrected chi connectivity index (χ1v) is 9.71. The van der Waals surface area contributed by atoms with Crippen LogP contribution in [0.5, 0.6) is 0 Å². The molecule has 1 aliphatic heterocycles. The van der Waals surface area contributed by atoms with Gasteiger partial charge in [0.2, 0.25) is 15.8 Å². The minimum atomic E-state index is -3.43. The van der Waals surface area contributed by atoms with Crippen LogP contribution in [0, 0.1) is 6.92 Å². The third-order valence-electron chi connectivity index (χ3n) is 4.45. The molecule has 25 heavy (non-hydrogen) atoms. The SMILES string of the molecule is Cc1ccccc1CS(=O)(=O)N1CCCC(n2cnc(C(N)=O)n2)C1.